The van der Waals surface area contributed by atoms with Crippen molar-refractivity contribution in [3.8, 4) is 0 Å². The Morgan fingerprint density at radius 3 is 3.11 bits per heavy atom. The van der Waals surface area contributed by atoms with Crippen LogP contribution in [0.4, 0.5) is 5.69 Å². The normalized spacial score (nSPS) is 19.1. The maximum Gasteiger partial charge on any atom is 0.250 e. The minimum Gasteiger partial charge on any atom is -0.373 e. The predicted molar refractivity (Wildman–Crippen MR) is 73.2 cm³/mol. The molecule has 0 saturated carbocycles. The van der Waals surface area contributed by atoms with Crippen molar-refractivity contribution in [2.75, 3.05) is 38.2 Å². The van der Waals surface area contributed by atoms with E-state index in [2.05, 4.69) is 10.6 Å². The van der Waals surface area contributed by atoms with Crippen LogP contribution >= 0.6 is 0 Å². The molecule has 104 valence electrons. The Balaban J connectivity index is 1.68. The highest BCUT2D eigenvalue weighted by Gasteiger charge is 2.14. The van der Waals surface area contributed by atoms with Gasteiger partial charge in [0.15, 0.2) is 0 Å². The van der Waals surface area contributed by atoms with E-state index in [4.69, 9.17) is 9.47 Å². The quantitative estimate of drug-likeness (QED) is 0.831. The summed E-state index contributed by atoms with van der Waals surface area (Å²) >= 11 is 0. The monoisotopic (exact) mass is 264 g/mol. The second kappa shape index (κ2) is 7.23. The summed E-state index contributed by atoms with van der Waals surface area (Å²) in [5.41, 5.74) is 1.86. The molecule has 1 aromatic carbocycles. The number of ether oxygens (including phenoxy) is 2. The number of benzene rings is 1. The van der Waals surface area contributed by atoms with Crippen LogP contribution in [0.2, 0.25) is 0 Å². The summed E-state index contributed by atoms with van der Waals surface area (Å²) in [6, 6.07) is 7.67. The van der Waals surface area contributed by atoms with Crippen molar-refractivity contribution in [2.24, 2.45) is 0 Å². The minimum absolute atomic E-state index is 0.0417. The molecule has 5 heteroatoms. The first-order valence-electron chi connectivity index (χ1n) is 6.51. The lowest BCUT2D eigenvalue weighted by atomic mass is 10.2. The Labute approximate surface area is 113 Å². The lowest BCUT2D eigenvalue weighted by Gasteiger charge is -2.23. The third-order valence-electron chi connectivity index (χ3n) is 2.96. The molecule has 1 atom stereocenters. The predicted octanol–water partition coefficient (Wildman–Crippen LogP) is 0.939. The van der Waals surface area contributed by atoms with E-state index in [1.54, 1.807) is 0 Å². The van der Waals surface area contributed by atoms with Crippen LogP contribution in [0.5, 0.6) is 0 Å². The fourth-order valence-corrected chi connectivity index (χ4v) is 1.91. The lowest BCUT2D eigenvalue weighted by molar-refractivity contribution is -0.122. The second-order valence-electron chi connectivity index (χ2n) is 4.58. The maximum absolute atomic E-state index is 11.7. The molecule has 0 aromatic heterocycles. The van der Waals surface area contributed by atoms with Crippen molar-refractivity contribution in [1.29, 1.82) is 0 Å². The van der Waals surface area contributed by atoms with Crippen molar-refractivity contribution in [2.45, 2.75) is 13.0 Å². The zero-order chi connectivity index (χ0) is 13.5. The number of nitrogens with one attached hydrogen (secondary N) is 2. The van der Waals surface area contributed by atoms with Gasteiger partial charge >= 0.3 is 0 Å². The van der Waals surface area contributed by atoms with Crippen LogP contribution in [0.25, 0.3) is 0 Å². The van der Waals surface area contributed by atoms with Gasteiger partial charge in [0, 0.05) is 18.8 Å². The molecule has 1 unspecified atom stereocenters. The molecule has 2 N–H and O–H groups in total. The average Bonchev–Trinajstić information content (AvgIpc) is 2.43. The fourth-order valence-electron chi connectivity index (χ4n) is 1.91. The molecule has 19 heavy (non-hydrogen) atoms. The molecule has 1 amide bonds. The summed E-state index contributed by atoms with van der Waals surface area (Å²) in [4.78, 5) is 11.7. The number of hydrogen-bond acceptors (Lipinski definition) is 4. The second-order valence-corrected chi connectivity index (χ2v) is 4.58. The molecule has 1 fully saturated rings. The number of aryl methyl sites for hydroxylation is 1. The van der Waals surface area contributed by atoms with Gasteiger partial charge in [-0.15, -0.1) is 0 Å². The number of anilines is 1. The van der Waals surface area contributed by atoms with Crippen LogP contribution in [-0.2, 0) is 14.3 Å². The summed E-state index contributed by atoms with van der Waals surface area (Å²) < 4.78 is 10.8. The van der Waals surface area contributed by atoms with Gasteiger partial charge in [0.05, 0.1) is 19.3 Å². The minimum atomic E-state index is -0.141. The number of amides is 1. The molecule has 5 nitrogen and oxygen atoms in total. The number of para-hydroxylation sites is 1. The van der Waals surface area contributed by atoms with E-state index in [1.165, 1.54) is 0 Å². The third-order valence-corrected chi connectivity index (χ3v) is 2.96. The van der Waals surface area contributed by atoms with Gasteiger partial charge in [0.25, 0.3) is 0 Å². The van der Waals surface area contributed by atoms with Crippen LogP contribution < -0.4 is 10.6 Å². The molecule has 0 aliphatic carbocycles. The zero-order valence-corrected chi connectivity index (χ0v) is 11.1. The molecule has 1 aromatic rings. The smallest absolute Gasteiger partial charge is 0.250 e. The molecular weight excluding hydrogens is 244 g/mol. The van der Waals surface area contributed by atoms with Gasteiger partial charge in [-0.3, -0.25) is 4.79 Å². The number of carbonyl (C=O) groups excluding carboxylic acids is 1. The van der Waals surface area contributed by atoms with E-state index in [0.717, 1.165) is 24.3 Å². The van der Waals surface area contributed by atoms with E-state index in [0.29, 0.717) is 13.2 Å². The molecule has 1 heterocycles. The maximum atomic E-state index is 11.7. The SMILES string of the molecule is Cc1ccccc1NC(=O)COCC1CNCCO1. The van der Waals surface area contributed by atoms with Crippen LogP contribution in [-0.4, -0.2) is 44.9 Å². The first-order valence-corrected chi connectivity index (χ1v) is 6.51. The van der Waals surface area contributed by atoms with Gasteiger partial charge in [-0.1, -0.05) is 18.2 Å². The van der Waals surface area contributed by atoms with Gasteiger partial charge in [0.1, 0.15) is 6.61 Å². The molecule has 1 aliphatic rings. The van der Waals surface area contributed by atoms with E-state index < -0.39 is 0 Å². The van der Waals surface area contributed by atoms with Gasteiger partial charge < -0.3 is 20.1 Å². The molecule has 0 spiro atoms. The molecule has 0 bridgehead atoms. The number of morpholine rings is 1. The largest absolute Gasteiger partial charge is 0.373 e. The van der Waals surface area contributed by atoms with E-state index >= 15 is 0 Å². The van der Waals surface area contributed by atoms with Crippen molar-refractivity contribution in [3.05, 3.63) is 29.8 Å². The summed E-state index contributed by atoms with van der Waals surface area (Å²) in [5, 5.41) is 6.04. The summed E-state index contributed by atoms with van der Waals surface area (Å²) in [7, 11) is 0. The van der Waals surface area contributed by atoms with Crippen LogP contribution in [0.3, 0.4) is 0 Å². The molecule has 2 rings (SSSR count). The summed E-state index contributed by atoms with van der Waals surface area (Å²) in [5.74, 6) is -0.141. The third kappa shape index (κ3) is 4.63. The van der Waals surface area contributed by atoms with Gasteiger partial charge in [-0.2, -0.15) is 0 Å². The van der Waals surface area contributed by atoms with Crippen LogP contribution in [0.15, 0.2) is 24.3 Å². The van der Waals surface area contributed by atoms with E-state index in [1.807, 2.05) is 31.2 Å². The van der Waals surface area contributed by atoms with Crippen molar-refractivity contribution in [3.63, 3.8) is 0 Å². The number of carbonyl (C=O) groups is 1. The van der Waals surface area contributed by atoms with Crippen molar-refractivity contribution >= 4 is 11.6 Å². The van der Waals surface area contributed by atoms with Gasteiger partial charge in [-0.25, -0.2) is 0 Å². The molecular formula is C14H20N2O3. The lowest BCUT2D eigenvalue weighted by Crippen LogP contribution is -2.41. The summed E-state index contributed by atoms with van der Waals surface area (Å²) in [6.07, 6.45) is 0.0417. The molecule has 1 saturated heterocycles. The Kier molecular flexibility index (Phi) is 5.32. The first kappa shape index (κ1) is 14.0. The topological polar surface area (TPSA) is 59.6 Å². The average molecular weight is 264 g/mol. The zero-order valence-electron chi connectivity index (χ0n) is 11.1. The highest BCUT2D eigenvalue weighted by molar-refractivity contribution is 5.92. The van der Waals surface area contributed by atoms with E-state index in [9.17, 15) is 4.79 Å². The highest BCUT2D eigenvalue weighted by Crippen LogP contribution is 2.12. The Hall–Kier alpha value is -1.43. The van der Waals surface area contributed by atoms with E-state index in [-0.39, 0.29) is 18.6 Å². The Bertz CT molecular complexity index is 417. The van der Waals surface area contributed by atoms with Gasteiger partial charge in [0.2, 0.25) is 5.91 Å². The van der Waals surface area contributed by atoms with Crippen LogP contribution in [0.1, 0.15) is 5.56 Å². The molecule has 1 aliphatic heterocycles. The highest BCUT2D eigenvalue weighted by atomic mass is 16.5. The standard InChI is InChI=1S/C14H20N2O3/c1-11-4-2-3-5-13(11)16-14(17)10-18-9-12-8-15-6-7-19-12/h2-5,12,15H,6-10H2,1H3,(H,16,17). The van der Waals surface area contributed by atoms with Crippen LogP contribution in [0, 0.1) is 6.92 Å². The van der Waals surface area contributed by atoms with Crippen molar-refractivity contribution < 1.29 is 14.3 Å². The van der Waals surface area contributed by atoms with Gasteiger partial charge in [-0.05, 0) is 18.6 Å². The Morgan fingerprint density at radius 1 is 1.53 bits per heavy atom. The number of rotatable bonds is 5. The summed E-state index contributed by atoms with van der Waals surface area (Å²) in [6.45, 7) is 4.80. The fraction of sp³-hybridized carbons (Fsp3) is 0.500. The number of hydrogen-bond donors (Lipinski definition) is 2. The molecule has 0 radical (unpaired) electrons. The van der Waals surface area contributed by atoms with Crippen molar-refractivity contribution in [1.82, 2.24) is 5.32 Å². The first-order chi connectivity index (χ1) is 9.25. The Morgan fingerprint density at radius 2 is 2.37 bits per heavy atom.